The summed E-state index contributed by atoms with van der Waals surface area (Å²) < 4.78 is 15.2. The molecule has 16 unspecified atom stereocenters. The highest BCUT2D eigenvalue weighted by Gasteiger charge is 2.67. The normalized spacial score (nSPS) is 49.4. The van der Waals surface area contributed by atoms with Crippen molar-refractivity contribution in [2.45, 2.75) is 119 Å². The van der Waals surface area contributed by atoms with Gasteiger partial charge in [-0.15, -0.1) is 0 Å². The molecule has 0 aromatic carbocycles. The molecule has 53 heavy (non-hydrogen) atoms. The number of fused-ring (bicyclic) bond motifs is 14. The van der Waals surface area contributed by atoms with Crippen molar-refractivity contribution in [2.24, 2.45) is 46.8 Å². The minimum Gasteiger partial charge on any atom is -0.488 e. The van der Waals surface area contributed by atoms with E-state index in [9.17, 15) is 0 Å². The first kappa shape index (κ1) is 32.0. The number of hydrogen-bond donors (Lipinski definition) is 0. The molecular weight excluding hydrogens is 649 g/mol. The van der Waals surface area contributed by atoms with Gasteiger partial charge in [-0.2, -0.15) is 0 Å². The zero-order valence-corrected chi connectivity index (χ0v) is 31.1. The van der Waals surface area contributed by atoms with E-state index in [1.54, 1.807) is 0 Å². The second kappa shape index (κ2) is 12.3. The molecule has 4 heteroatoms. The standard InChI is InChI=1S/C49H56N2O2/c1-7-23-39-31(15-1)32-16-2-8-24-40(32)50(39)43-27-13-21-37-47(43)52-45-29-11-5-19-35(45)49(37)36-20-6-12-30-46(36)53-48-38(49)22-14-28-44(48)51-41-25-9-3-17-33(41)34-18-4-10-26-42(34)51/h1-3,5-6,9-11,13,15-17,19-22,25-26,29,31-37,39-43,45-47H,4,7-8,12,14,18,23-24,27-28,30H2. The van der Waals surface area contributed by atoms with Gasteiger partial charge in [-0.25, -0.2) is 0 Å². The predicted molar refractivity (Wildman–Crippen MR) is 211 cm³/mol. The van der Waals surface area contributed by atoms with E-state index in [1.165, 1.54) is 55.6 Å². The number of hydrogen-bond acceptors (Lipinski definition) is 4. The molecule has 4 aliphatic heterocycles. The summed E-state index contributed by atoms with van der Waals surface area (Å²) in [6.07, 6.45) is 60.7. The number of allylic oxidation sites excluding steroid dienone is 11. The van der Waals surface area contributed by atoms with Crippen LogP contribution in [0.3, 0.4) is 0 Å². The maximum Gasteiger partial charge on any atom is 0.142 e. The van der Waals surface area contributed by atoms with E-state index < -0.39 is 0 Å². The van der Waals surface area contributed by atoms with Gasteiger partial charge >= 0.3 is 0 Å². The Labute approximate surface area is 316 Å². The van der Waals surface area contributed by atoms with Crippen molar-refractivity contribution in [3.63, 3.8) is 0 Å². The fourth-order valence-electron chi connectivity index (χ4n) is 14.6. The Bertz CT molecular complexity index is 1840. The van der Waals surface area contributed by atoms with Crippen LogP contribution in [0.4, 0.5) is 0 Å². The van der Waals surface area contributed by atoms with Gasteiger partial charge in [0.2, 0.25) is 0 Å². The average Bonchev–Trinajstić information content (AvgIpc) is 3.73. The SMILES string of the molecule is C1=CC2OC3C(N4C5CCC=CC5C5C=CCCC54)CC=CC3C3(C4=CCCC(N5C6C=CC=CC6C6CCC=CC65)=C4OC4CCC=CC43)C2C=C1. The van der Waals surface area contributed by atoms with Crippen molar-refractivity contribution in [1.82, 2.24) is 9.80 Å². The Morgan fingerprint density at radius 2 is 1.32 bits per heavy atom. The van der Waals surface area contributed by atoms with Crippen LogP contribution in [0.1, 0.15) is 70.6 Å². The lowest BCUT2D eigenvalue weighted by atomic mass is 9.47. The van der Waals surface area contributed by atoms with Crippen LogP contribution >= 0.6 is 0 Å². The maximum absolute atomic E-state index is 7.62. The second-order valence-corrected chi connectivity index (χ2v) is 18.3. The molecule has 1 spiro atoms. The zero-order valence-electron chi connectivity index (χ0n) is 31.1. The highest BCUT2D eigenvalue weighted by Crippen LogP contribution is 2.67. The summed E-state index contributed by atoms with van der Waals surface area (Å²) in [5.74, 6) is 4.61. The topological polar surface area (TPSA) is 24.9 Å². The van der Waals surface area contributed by atoms with Crippen LogP contribution in [-0.2, 0) is 9.47 Å². The Morgan fingerprint density at radius 1 is 0.585 bits per heavy atom. The first-order valence-electron chi connectivity index (χ1n) is 21.7. The lowest BCUT2D eigenvalue weighted by Crippen LogP contribution is -2.67. The number of likely N-dealkylation sites (tertiary alicyclic amines) is 2. The van der Waals surface area contributed by atoms with E-state index >= 15 is 0 Å². The molecule has 0 saturated carbocycles. The highest BCUT2D eigenvalue weighted by molar-refractivity contribution is 5.50. The van der Waals surface area contributed by atoms with E-state index in [4.69, 9.17) is 9.47 Å². The van der Waals surface area contributed by atoms with Crippen LogP contribution in [0.2, 0.25) is 0 Å². The molecule has 8 aliphatic carbocycles. The summed E-state index contributed by atoms with van der Waals surface area (Å²) in [5.41, 5.74) is 2.87. The van der Waals surface area contributed by atoms with Crippen LogP contribution in [0.25, 0.3) is 0 Å². The first-order valence-corrected chi connectivity index (χ1v) is 21.7. The summed E-state index contributed by atoms with van der Waals surface area (Å²) in [4.78, 5) is 5.93. The van der Waals surface area contributed by atoms with Crippen molar-refractivity contribution < 1.29 is 9.47 Å². The molecular formula is C49H56N2O2. The molecule has 12 aliphatic rings. The van der Waals surface area contributed by atoms with Crippen LogP contribution < -0.4 is 0 Å². The molecule has 16 atom stereocenters. The molecule has 0 aromatic rings. The monoisotopic (exact) mass is 704 g/mol. The largest absolute Gasteiger partial charge is 0.488 e. The van der Waals surface area contributed by atoms with Gasteiger partial charge < -0.3 is 14.4 Å². The summed E-state index contributed by atoms with van der Waals surface area (Å²) in [6.45, 7) is 0. The fourth-order valence-corrected chi connectivity index (χ4v) is 14.6. The Hall–Kier alpha value is -3.34. The van der Waals surface area contributed by atoms with Crippen LogP contribution in [-0.4, -0.2) is 58.3 Å². The Balaban J connectivity index is 1.03. The van der Waals surface area contributed by atoms with Crippen LogP contribution in [0, 0.1) is 46.8 Å². The molecule has 12 rings (SSSR count). The third kappa shape index (κ3) is 4.43. The van der Waals surface area contributed by atoms with Gasteiger partial charge in [-0.05, 0) is 76.5 Å². The lowest BCUT2D eigenvalue weighted by molar-refractivity contribution is -0.196. The molecule has 0 bridgehead atoms. The molecule has 0 amide bonds. The van der Waals surface area contributed by atoms with Crippen LogP contribution in [0.5, 0.6) is 0 Å². The highest BCUT2D eigenvalue weighted by atomic mass is 16.5. The Kier molecular flexibility index (Phi) is 7.44. The molecule has 4 fully saturated rings. The summed E-state index contributed by atoms with van der Waals surface area (Å²) >= 11 is 0. The molecule has 0 radical (unpaired) electrons. The quantitative estimate of drug-likeness (QED) is 0.268. The summed E-state index contributed by atoms with van der Waals surface area (Å²) in [5, 5.41) is 0. The third-order valence-electron chi connectivity index (χ3n) is 16.3. The van der Waals surface area contributed by atoms with E-state index in [0.717, 1.165) is 32.1 Å². The van der Waals surface area contributed by atoms with Gasteiger partial charge in [-0.1, -0.05) is 115 Å². The summed E-state index contributed by atoms with van der Waals surface area (Å²) in [6, 6.07) is 2.45. The van der Waals surface area contributed by atoms with Crippen molar-refractivity contribution >= 4 is 0 Å². The first-order chi connectivity index (χ1) is 26.3. The van der Waals surface area contributed by atoms with Gasteiger partial charge in [0.25, 0.3) is 0 Å². The minimum absolute atomic E-state index is 0.0665. The third-order valence-corrected chi connectivity index (χ3v) is 16.3. The van der Waals surface area contributed by atoms with E-state index in [0.29, 0.717) is 59.8 Å². The molecule has 0 N–H and O–H groups in total. The molecule has 274 valence electrons. The Morgan fingerprint density at radius 3 is 2.21 bits per heavy atom. The van der Waals surface area contributed by atoms with Gasteiger partial charge in [0, 0.05) is 64.6 Å². The molecule has 4 nitrogen and oxygen atoms in total. The van der Waals surface area contributed by atoms with Gasteiger partial charge in [0.15, 0.2) is 0 Å². The van der Waals surface area contributed by atoms with Crippen molar-refractivity contribution in [1.29, 1.82) is 0 Å². The lowest BCUT2D eigenvalue weighted by Gasteiger charge is -2.64. The smallest absolute Gasteiger partial charge is 0.142 e. The number of ether oxygens (including phenoxy) is 2. The van der Waals surface area contributed by atoms with Gasteiger partial charge in [0.05, 0.1) is 30.0 Å². The minimum atomic E-state index is -0.133. The number of nitrogens with zero attached hydrogens (tertiary/aromatic N) is 2. The summed E-state index contributed by atoms with van der Waals surface area (Å²) in [7, 11) is 0. The maximum atomic E-state index is 7.62. The molecule has 0 aromatic heterocycles. The van der Waals surface area contributed by atoms with Crippen molar-refractivity contribution in [2.75, 3.05) is 0 Å². The van der Waals surface area contributed by atoms with Crippen molar-refractivity contribution in [3.8, 4) is 0 Å². The zero-order chi connectivity index (χ0) is 34.7. The van der Waals surface area contributed by atoms with Crippen molar-refractivity contribution in [3.05, 3.63) is 132 Å². The van der Waals surface area contributed by atoms with Gasteiger partial charge in [-0.3, -0.25) is 4.90 Å². The molecule has 4 saturated heterocycles. The van der Waals surface area contributed by atoms with Crippen LogP contribution in [0.15, 0.2) is 132 Å². The number of rotatable bonds is 2. The van der Waals surface area contributed by atoms with E-state index in [2.05, 4.69) is 125 Å². The molecule has 4 heterocycles. The van der Waals surface area contributed by atoms with Gasteiger partial charge in [0.1, 0.15) is 11.9 Å². The second-order valence-electron chi connectivity index (χ2n) is 18.3. The van der Waals surface area contributed by atoms with E-state index in [1.807, 2.05) is 0 Å². The predicted octanol–water partition coefficient (Wildman–Crippen LogP) is 9.47. The average molecular weight is 705 g/mol. The van der Waals surface area contributed by atoms with E-state index in [-0.39, 0.29) is 35.6 Å². The fraction of sp³-hybridized carbons (Fsp3) is 0.551.